The van der Waals surface area contributed by atoms with Crippen molar-refractivity contribution >= 4 is 27.7 Å². The van der Waals surface area contributed by atoms with Crippen LogP contribution in [-0.4, -0.2) is 54.5 Å². The van der Waals surface area contributed by atoms with Gasteiger partial charge in [0.05, 0.1) is 18.1 Å². The predicted molar refractivity (Wildman–Crippen MR) is 129 cm³/mol. The van der Waals surface area contributed by atoms with Crippen LogP contribution >= 0.6 is 15.9 Å². The lowest BCUT2D eigenvalue weighted by Crippen LogP contribution is -2.33. The molecule has 168 valence electrons. The van der Waals surface area contributed by atoms with Crippen LogP contribution in [0.3, 0.4) is 0 Å². The minimum absolute atomic E-state index is 0.294. The number of aromatic nitrogens is 7. The predicted octanol–water partition coefficient (Wildman–Crippen LogP) is 3.71. The molecular weight excluding hydrogens is 482 g/mol. The Morgan fingerprint density at radius 3 is 2.76 bits per heavy atom. The van der Waals surface area contributed by atoms with Crippen molar-refractivity contribution in [3.8, 4) is 11.5 Å². The van der Waals surface area contributed by atoms with Crippen molar-refractivity contribution in [1.82, 2.24) is 35.3 Å². The number of rotatable bonds is 5. The van der Waals surface area contributed by atoms with Crippen LogP contribution in [0.4, 0.5) is 11.8 Å². The maximum absolute atomic E-state index is 4.73. The van der Waals surface area contributed by atoms with Crippen LogP contribution in [0.15, 0.2) is 47.3 Å². The monoisotopic (exact) mass is 505 g/mol. The molecule has 1 unspecified atom stereocenters. The molecule has 1 fully saturated rings. The van der Waals surface area contributed by atoms with Crippen molar-refractivity contribution in [1.29, 1.82) is 0 Å². The van der Waals surface area contributed by atoms with Crippen LogP contribution in [0.1, 0.15) is 35.6 Å². The van der Waals surface area contributed by atoms with Gasteiger partial charge in [0, 0.05) is 35.7 Å². The van der Waals surface area contributed by atoms with Gasteiger partial charge in [-0.3, -0.25) is 0 Å². The maximum Gasteiger partial charge on any atom is 0.223 e. The van der Waals surface area contributed by atoms with Gasteiger partial charge in [-0.15, -0.1) is 0 Å². The van der Waals surface area contributed by atoms with E-state index in [1.165, 1.54) is 11.1 Å². The number of nitrogens with zero attached hydrogens (tertiary/aromatic N) is 6. The minimum atomic E-state index is 0.294. The lowest BCUT2D eigenvalue weighted by molar-refractivity contribution is 0.493. The Bertz CT molecular complexity index is 1240. The fourth-order valence-electron chi connectivity index (χ4n) is 4.86. The molecule has 1 saturated heterocycles. The van der Waals surface area contributed by atoms with E-state index in [4.69, 9.17) is 4.98 Å². The van der Waals surface area contributed by atoms with E-state index in [1.807, 2.05) is 18.5 Å². The minimum Gasteiger partial charge on any atom is -0.357 e. The summed E-state index contributed by atoms with van der Waals surface area (Å²) in [5.74, 6) is 2.87. The third-order valence-corrected chi connectivity index (χ3v) is 7.08. The number of imidazole rings is 1. The van der Waals surface area contributed by atoms with Crippen molar-refractivity contribution in [2.75, 3.05) is 23.3 Å². The van der Waals surface area contributed by atoms with Crippen molar-refractivity contribution in [3.05, 3.63) is 64.1 Å². The molecule has 0 saturated carbocycles. The molecule has 33 heavy (non-hydrogen) atoms. The Labute approximate surface area is 199 Å². The van der Waals surface area contributed by atoms with Gasteiger partial charge >= 0.3 is 0 Å². The van der Waals surface area contributed by atoms with Crippen molar-refractivity contribution in [3.63, 3.8) is 0 Å². The molecule has 4 heterocycles. The molecule has 1 aliphatic carbocycles. The topological polar surface area (TPSA) is 111 Å². The second kappa shape index (κ2) is 8.58. The SMILES string of the molecule is Brc1ccc2c(c1)CC(Nc1nccc(-c3ncc(N4CCC(c5cn[nH]n5)CC4)[nH]3)n1)C2. The van der Waals surface area contributed by atoms with E-state index in [0.29, 0.717) is 17.9 Å². The van der Waals surface area contributed by atoms with Gasteiger partial charge in [-0.05, 0) is 55.0 Å². The quantitative estimate of drug-likeness (QED) is 0.379. The number of anilines is 2. The lowest BCUT2D eigenvalue weighted by atomic mass is 9.94. The van der Waals surface area contributed by atoms with Gasteiger partial charge in [-0.1, -0.05) is 22.0 Å². The molecule has 1 aliphatic heterocycles. The molecule has 9 nitrogen and oxygen atoms in total. The van der Waals surface area contributed by atoms with E-state index in [0.717, 1.165) is 66.3 Å². The number of fused-ring (bicyclic) bond motifs is 1. The molecule has 3 N–H and O–H groups in total. The van der Waals surface area contributed by atoms with Crippen molar-refractivity contribution in [2.24, 2.45) is 0 Å². The number of aromatic amines is 2. The van der Waals surface area contributed by atoms with Gasteiger partial charge in [0.2, 0.25) is 5.95 Å². The number of H-pyrrole nitrogens is 2. The van der Waals surface area contributed by atoms with Gasteiger partial charge in [0.25, 0.3) is 0 Å². The standard InChI is InChI=1S/C23H24BrN9/c24-17-2-1-15-10-18(11-16(15)9-17)28-23-25-6-3-19(29-23)22-26-13-21(30-22)33-7-4-14(5-8-33)20-12-27-32-31-20/h1-3,6,9,12-14,18H,4-5,7-8,10-11H2,(H,26,30)(H,25,28,29)(H,27,31,32). The molecule has 0 spiro atoms. The summed E-state index contributed by atoms with van der Waals surface area (Å²) in [5, 5.41) is 14.4. The first-order valence-electron chi connectivity index (χ1n) is 11.2. The van der Waals surface area contributed by atoms with Gasteiger partial charge in [0.15, 0.2) is 5.82 Å². The largest absolute Gasteiger partial charge is 0.357 e. The summed E-state index contributed by atoms with van der Waals surface area (Å²) in [5.41, 5.74) is 4.60. The average molecular weight is 506 g/mol. The highest BCUT2D eigenvalue weighted by Crippen LogP contribution is 2.30. The van der Waals surface area contributed by atoms with E-state index >= 15 is 0 Å². The van der Waals surface area contributed by atoms with Crippen LogP contribution < -0.4 is 10.2 Å². The number of benzene rings is 1. The van der Waals surface area contributed by atoms with E-state index < -0.39 is 0 Å². The molecular formula is C23H24BrN9. The first-order valence-corrected chi connectivity index (χ1v) is 12.0. The zero-order chi connectivity index (χ0) is 22.2. The van der Waals surface area contributed by atoms with Crippen LogP contribution in [0.5, 0.6) is 0 Å². The first-order chi connectivity index (χ1) is 16.2. The second-order valence-electron chi connectivity index (χ2n) is 8.70. The molecule has 1 aromatic carbocycles. The number of halogens is 1. The normalized spacial score (nSPS) is 18.5. The number of nitrogens with one attached hydrogen (secondary N) is 3. The summed E-state index contributed by atoms with van der Waals surface area (Å²) in [6.45, 7) is 1.90. The lowest BCUT2D eigenvalue weighted by Gasteiger charge is -2.31. The van der Waals surface area contributed by atoms with Gasteiger partial charge < -0.3 is 15.2 Å². The molecule has 3 aromatic heterocycles. The summed E-state index contributed by atoms with van der Waals surface area (Å²) >= 11 is 3.56. The molecule has 1 atom stereocenters. The average Bonchev–Trinajstić information content (AvgIpc) is 3.60. The van der Waals surface area contributed by atoms with E-state index in [2.05, 4.69) is 74.7 Å². The Kier molecular flexibility index (Phi) is 5.29. The van der Waals surface area contributed by atoms with Gasteiger partial charge in [-0.25, -0.2) is 15.0 Å². The van der Waals surface area contributed by atoms with E-state index in [1.54, 1.807) is 6.20 Å². The first kappa shape index (κ1) is 20.3. The van der Waals surface area contributed by atoms with E-state index in [-0.39, 0.29) is 0 Å². The highest BCUT2D eigenvalue weighted by molar-refractivity contribution is 9.10. The third kappa shape index (κ3) is 4.22. The Hall–Kier alpha value is -3.27. The highest BCUT2D eigenvalue weighted by atomic mass is 79.9. The number of piperidine rings is 1. The molecule has 0 amide bonds. The molecule has 0 bridgehead atoms. The molecule has 0 radical (unpaired) electrons. The van der Waals surface area contributed by atoms with Crippen LogP contribution in [0.25, 0.3) is 11.5 Å². The van der Waals surface area contributed by atoms with Crippen LogP contribution in [-0.2, 0) is 12.8 Å². The summed E-state index contributed by atoms with van der Waals surface area (Å²) in [7, 11) is 0. The molecule has 10 heteroatoms. The van der Waals surface area contributed by atoms with Crippen molar-refractivity contribution in [2.45, 2.75) is 37.6 Å². The second-order valence-corrected chi connectivity index (χ2v) is 9.62. The molecule has 6 rings (SSSR count). The summed E-state index contributed by atoms with van der Waals surface area (Å²) in [6.07, 6.45) is 9.55. The van der Waals surface area contributed by atoms with Gasteiger partial charge in [-0.2, -0.15) is 15.4 Å². The van der Waals surface area contributed by atoms with E-state index in [9.17, 15) is 0 Å². The Morgan fingerprint density at radius 2 is 1.91 bits per heavy atom. The third-order valence-electron chi connectivity index (χ3n) is 6.58. The van der Waals surface area contributed by atoms with Gasteiger partial charge in [0.1, 0.15) is 11.5 Å². The summed E-state index contributed by atoms with van der Waals surface area (Å²) in [4.78, 5) is 19.5. The summed E-state index contributed by atoms with van der Waals surface area (Å²) < 4.78 is 1.12. The van der Waals surface area contributed by atoms with Crippen LogP contribution in [0, 0.1) is 0 Å². The fraction of sp³-hybridized carbons (Fsp3) is 0.348. The zero-order valence-corrected chi connectivity index (χ0v) is 19.6. The summed E-state index contributed by atoms with van der Waals surface area (Å²) in [6, 6.07) is 8.68. The Morgan fingerprint density at radius 1 is 1.03 bits per heavy atom. The number of hydrogen-bond donors (Lipinski definition) is 3. The molecule has 4 aromatic rings. The smallest absolute Gasteiger partial charge is 0.223 e. The highest BCUT2D eigenvalue weighted by Gasteiger charge is 2.24. The fourth-order valence-corrected chi connectivity index (χ4v) is 5.27. The number of hydrogen-bond acceptors (Lipinski definition) is 7. The van der Waals surface area contributed by atoms with Crippen molar-refractivity contribution < 1.29 is 0 Å². The zero-order valence-electron chi connectivity index (χ0n) is 18.0. The van der Waals surface area contributed by atoms with Crippen LogP contribution in [0.2, 0.25) is 0 Å². The Balaban J connectivity index is 1.11. The molecule has 2 aliphatic rings. The maximum atomic E-state index is 4.73.